The molecular weight excluding hydrogens is 236 g/mol. The highest BCUT2D eigenvalue weighted by molar-refractivity contribution is 5.42. The van der Waals surface area contributed by atoms with Crippen molar-refractivity contribution in [2.75, 3.05) is 0 Å². The van der Waals surface area contributed by atoms with E-state index < -0.39 is 0 Å². The van der Waals surface area contributed by atoms with Crippen LogP contribution < -0.4 is 0 Å². The van der Waals surface area contributed by atoms with Crippen LogP contribution in [0.4, 0.5) is 0 Å². The first kappa shape index (κ1) is 13.5. The minimum Gasteiger partial charge on any atom is -0.508 e. The summed E-state index contributed by atoms with van der Waals surface area (Å²) in [6.45, 7) is 6.39. The maximum atomic E-state index is 9.53. The van der Waals surface area contributed by atoms with E-state index in [2.05, 4.69) is 13.8 Å². The summed E-state index contributed by atoms with van der Waals surface area (Å²) in [5, 5.41) is 18.9. The zero-order valence-corrected chi connectivity index (χ0v) is 11.6. The lowest BCUT2D eigenvalue weighted by Gasteiger charge is -2.24. The van der Waals surface area contributed by atoms with Crippen LogP contribution in [0.3, 0.4) is 0 Å². The van der Waals surface area contributed by atoms with Gasteiger partial charge in [-0.25, -0.2) is 0 Å². The van der Waals surface area contributed by atoms with Crippen LogP contribution in [0.1, 0.15) is 36.5 Å². The van der Waals surface area contributed by atoms with Crippen LogP contribution in [0.5, 0.6) is 11.5 Å². The summed E-state index contributed by atoms with van der Waals surface area (Å²) in [7, 11) is 0. The Hall–Kier alpha value is -1.96. The van der Waals surface area contributed by atoms with Crippen LogP contribution in [-0.2, 0) is 0 Å². The topological polar surface area (TPSA) is 40.5 Å². The van der Waals surface area contributed by atoms with Crippen LogP contribution in [0, 0.1) is 12.8 Å². The van der Waals surface area contributed by atoms with Gasteiger partial charge in [0.2, 0.25) is 0 Å². The number of aryl methyl sites for hydroxylation is 1. The van der Waals surface area contributed by atoms with Gasteiger partial charge in [-0.3, -0.25) is 0 Å². The van der Waals surface area contributed by atoms with Crippen molar-refractivity contribution in [3.05, 3.63) is 59.2 Å². The van der Waals surface area contributed by atoms with Crippen molar-refractivity contribution in [3.63, 3.8) is 0 Å². The van der Waals surface area contributed by atoms with Gasteiger partial charge in [-0.05, 0) is 53.8 Å². The van der Waals surface area contributed by atoms with E-state index in [4.69, 9.17) is 0 Å². The Labute approximate surface area is 114 Å². The lowest BCUT2D eigenvalue weighted by molar-refractivity contribution is 0.473. The van der Waals surface area contributed by atoms with Crippen LogP contribution in [0.2, 0.25) is 0 Å². The summed E-state index contributed by atoms with van der Waals surface area (Å²) in [5.74, 6) is 1.29. The Balaban J connectivity index is 2.48. The summed E-state index contributed by atoms with van der Waals surface area (Å²) >= 11 is 0. The first-order chi connectivity index (χ1) is 8.99. The standard InChI is InChI=1S/C17H20O2/c1-11(2)17(13-4-6-14(18)7-5-13)16-9-8-15(19)10-12(16)3/h4-11,17-19H,1-3H3. The average molecular weight is 256 g/mol. The normalized spacial score (nSPS) is 12.6. The number of benzene rings is 2. The molecule has 0 bridgehead atoms. The zero-order chi connectivity index (χ0) is 14.0. The van der Waals surface area contributed by atoms with Crippen LogP contribution in [0.15, 0.2) is 42.5 Å². The lowest BCUT2D eigenvalue weighted by Crippen LogP contribution is -2.10. The van der Waals surface area contributed by atoms with Gasteiger partial charge in [0.15, 0.2) is 0 Å². The lowest BCUT2D eigenvalue weighted by atomic mass is 9.81. The largest absolute Gasteiger partial charge is 0.508 e. The third kappa shape index (κ3) is 2.90. The van der Waals surface area contributed by atoms with Crippen molar-refractivity contribution in [1.82, 2.24) is 0 Å². The fourth-order valence-corrected chi connectivity index (χ4v) is 2.61. The molecule has 0 aliphatic rings. The van der Waals surface area contributed by atoms with Gasteiger partial charge in [0, 0.05) is 5.92 Å². The fourth-order valence-electron chi connectivity index (χ4n) is 2.61. The minimum absolute atomic E-state index is 0.265. The first-order valence-corrected chi connectivity index (χ1v) is 6.57. The molecule has 1 atom stereocenters. The van der Waals surface area contributed by atoms with Crippen molar-refractivity contribution in [2.24, 2.45) is 5.92 Å². The Bertz CT molecular complexity index is 556. The molecular formula is C17H20O2. The van der Waals surface area contributed by atoms with Crippen LogP contribution in [-0.4, -0.2) is 10.2 Å². The molecule has 0 saturated heterocycles. The highest BCUT2D eigenvalue weighted by Crippen LogP contribution is 2.35. The first-order valence-electron chi connectivity index (χ1n) is 6.57. The molecule has 0 amide bonds. The van der Waals surface area contributed by atoms with Gasteiger partial charge < -0.3 is 10.2 Å². The highest BCUT2D eigenvalue weighted by atomic mass is 16.3. The predicted octanol–water partition coefficient (Wildman–Crippen LogP) is 4.19. The Kier molecular flexibility index (Phi) is 3.79. The third-order valence-electron chi connectivity index (χ3n) is 3.51. The molecule has 100 valence electrons. The molecule has 2 N–H and O–H groups in total. The van der Waals surface area contributed by atoms with E-state index in [9.17, 15) is 10.2 Å². The second kappa shape index (κ2) is 5.35. The molecule has 2 aromatic rings. The van der Waals surface area contributed by atoms with E-state index in [0.29, 0.717) is 11.7 Å². The van der Waals surface area contributed by atoms with Crippen LogP contribution >= 0.6 is 0 Å². The summed E-state index contributed by atoms with van der Waals surface area (Å²) in [4.78, 5) is 0. The summed E-state index contributed by atoms with van der Waals surface area (Å²) in [5.41, 5.74) is 3.49. The van der Waals surface area contributed by atoms with Gasteiger partial charge in [-0.15, -0.1) is 0 Å². The van der Waals surface area contributed by atoms with Gasteiger partial charge in [-0.2, -0.15) is 0 Å². The number of phenolic OH excluding ortho intramolecular Hbond substituents is 2. The molecule has 0 saturated carbocycles. The number of hydrogen-bond donors (Lipinski definition) is 2. The summed E-state index contributed by atoms with van der Waals surface area (Å²) < 4.78 is 0. The molecule has 0 spiro atoms. The average Bonchev–Trinajstić information content (AvgIpc) is 2.34. The third-order valence-corrected chi connectivity index (χ3v) is 3.51. The monoisotopic (exact) mass is 256 g/mol. The maximum absolute atomic E-state index is 9.53. The maximum Gasteiger partial charge on any atom is 0.115 e. The number of phenols is 2. The van der Waals surface area contributed by atoms with Gasteiger partial charge in [0.1, 0.15) is 11.5 Å². The summed E-state index contributed by atoms with van der Waals surface area (Å²) in [6, 6.07) is 12.9. The van der Waals surface area contributed by atoms with Crippen molar-refractivity contribution in [3.8, 4) is 11.5 Å². The van der Waals surface area contributed by atoms with Gasteiger partial charge in [0.25, 0.3) is 0 Å². The predicted molar refractivity (Wildman–Crippen MR) is 77.6 cm³/mol. The fraction of sp³-hybridized carbons (Fsp3) is 0.294. The van der Waals surface area contributed by atoms with E-state index in [0.717, 1.165) is 5.56 Å². The molecule has 0 aromatic heterocycles. The molecule has 2 heteroatoms. The molecule has 0 aliphatic carbocycles. The van der Waals surface area contributed by atoms with Gasteiger partial charge in [0.05, 0.1) is 0 Å². The van der Waals surface area contributed by atoms with E-state index in [-0.39, 0.29) is 11.7 Å². The number of rotatable bonds is 3. The molecule has 0 heterocycles. The molecule has 2 rings (SSSR count). The molecule has 2 nitrogen and oxygen atoms in total. The van der Waals surface area contributed by atoms with Crippen molar-refractivity contribution >= 4 is 0 Å². The zero-order valence-electron chi connectivity index (χ0n) is 11.6. The highest BCUT2D eigenvalue weighted by Gasteiger charge is 2.20. The molecule has 1 unspecified atom stereocenters. The molecule has 0 aliphatic heterocycles. The Morgan fingerprint density at radius 1 is 0.842 bits per heavy atom. The summed E-state index contributed by atoms with van der Waals surface area (Å²) in [6.07, 6.45) is 0. The number of aromatic hydroxyl groups is 2. The van der Waals surface area contributed by atoms with Crippen molar-refractivity contribution in [1.29, 1.82) is 0 Å². The van der Waals surface area contributed by atoms with E-state index in [1.807, 2.05) is 25.1 Å². The Morgan fingerprint density at radius 2 is 1.42 bits per heavy atom. The second-order valence-corrected chi connectivity index (χ2v) is 5.35. The molecule has 2 aromatic carbocycles. The van der Waals surface area contributed by atoms with E-state index >= 15 is 0 Å². The smallest absolute Gasteiger partial charge is 0.115 e. The van der Waals surface area contributed by atoms with Crippen molar-refractivity contribution < 1.29 is 10.2 Å². The quantitative estimate of drug-likeness (QED) is 0.864. The van der Waals surface area contributed by atoms with E-state index in [1.165, 1.54) is 11.1 Å². The number of hydrogen-bond acceptors (Lipinski definition) is 2. The SMILES string of the molecule is Cc1cc(O)ccc1C(c1ccc(O)cc1)C(C)C. The minimum atomic E-state index is 0.265. The van der Waals surface area contributed by atoms with E-state index in [1.54, 1.807) is 24.3 Å². The Morgan fingerprint density at radius 3 is 1.95 bits per heavy atom. The van der Waals surface area contributed by atoms with Gasteiger partial charge in [-0.1, -0.05) is 32.0 Å². The molecule has 19 heavy (non-hydrogen) atoms. The second-order valence-electron chi connectivity index (χ2n) is 5.35. The van der Waals surface area contributed by atoms with Gasteiger partial charge >= 0.3 is 0 Å². The molecule has 0 radical (unpaired) electrons. The molecule has 0 fully saturated rings. The van der Waals surface area contributed by atoms with Crippen LogP contribution in [0.25, 0.3) is 0 Å². The van der Waals surface area contributed by atoms with Crippen molar-refractivity contribution in [2.45, 2.75) is 26.7 Å².